The normalized spacial score (nSPS) is 11.1. The minimum absolute atomic E-state index is 0.258. The van der Waals surface area contributed by atoms with E-state index < -0.39 is 15.9 Å². The monoisotopic (exact) mass is 420 g/mol. The molecule has 7 nitrogen and oxygen atoms in total. The fraction of sp³-hybridized carbons (Fsp3) is 0.381. The number of sulfonamides is 1. The van der Waals surface area contributed by atoms with E-state index in [2.05, 4.69) is 5.32 Å². The van der Waals surface area contributed by atoms with Crippen molar-refractivity contribution >= 4 is 21.6 Å². The Morgan fingerprint density at radius 2 is 1.79 bits per heavy atom. The summed E-state index contributed by atoms with van der Waals surface area (Å²) in [6, 6.07) is 11.0. The van der Waals surface area contributed by atoms with E-state index in [-0.39, 0.29) is 19.7 Å². The summed E-state index contributed by atoms with van der Waals surface area (Å²) in [6.07, 6.45) is 1.06. The first-order valence-corrected chi connectivity index (χ1v) is 11.1. The molecule has 0 heterocycles. The second-order valence-electron chi connectivity index (χ2n) is 6.89. The molecule has 158 valence electrons. The quantitative estimate of drug-likeness (QED) is 0.631. The van der Waals surface area contributed by atoms with Crippen molar-refractivity contribution in [2.24, 2.45) is 0 Å². The van der Waals surface area contributed by atoms with E-state index in [0.29, 0.717) is 11.4 Å². The molecular formula is C21H28N2O5S. The zero-order valence-electron chi connectivity index (χ0n) is 17.5. The predicted octanol–water partition coefficient (Wildman–Crippen LogP) is 2.58. The lowest BCUT2D eigenvalue weighted by molar-refractivity contribution is -0.119. The molecule has 0 spiro atoms. The van der Waals surface area contributed by atoms with E-state index in [1.165, 1.54) is 12.7 Å². The number of hydrogen-bond donors (Lipinski definition) is 1. The van der Waals surface area contributed by atoms with E-state index in [1.807, 2.05) is 45.0 Å². The molecule has 1 amide bonds. The Balaban J connectivity index is 1.99. The number of anilines is 1. The van der Waals surface area contributed by atoms with Gasteiger partial charge < -0.3 is 14.8 Å². The molecule has 0 atom stereocenters. The van der Waals surface area contributed by atoms with Gasteiger partial charge in [0.15, 0.2) is 0 Å². The summed E-state index contributed by atoms with van der Waals surface area (Å²) in [5, 5.41) is 2.69. The van der Waals surface area contributed by atoms with Gasteiger partial charge in [-0.3, -0.25) is 9.10 Å². The number of amides is 1. The van der Waals surface area contributed by atoms with Crippen LogP contribution in [0.1, 0.15) is 16.7 Å². The smallest absolute Gasteiger partial charge is 0.240 e. The van der Waals surface area contributed by atoms with Gasteiger partial charge in [0.25, 0.3) is 0 Å². The van der Waals surface area contributed by atoms with Gasteiger partial charge in [-0.15, -0.1) is 0 Å². The van der Waals surface area contributed by atoms with E-state index in [4.69, 9.17) is 9.47 Å². The third-order valence-corrected chi connectivity index (χ3v) is 5.59. The highest BCUT2D eigenvalue weighted by molar-refractivity contribution is 7.92. The Hall–Kier alpha value is -2.74. The molecule has 0 saturated heterocycles. The van der Waals surface area contributed by atoms with Gasteiger partial charge in [-0.05, 0) is 61.7 Å². The van der Waals surface area contributed by atoms with E-state index in [0.717, 1.165) is 27.4 Å². The molecule has 0 aliphatic heterocycles. The van der Waals surface area contributed by atoms with Crippen LogP contribution in [0.3, 0.4) is 0 Å². The van der Waals surface area contributed by atoms with Crippen molar-refractivity contribution in [3.05, 3.63) is 53.1 Å². The Morgan fingerprint density at radius 3 is 2.41 bits per heavy atom. The van der Waals surface area contributed by atoms with Crippen LogP contribution in [0.4, 0.5) is 5.69 Å². The number of benzene rings is 2. The van der Waals surface area contributed by atoms with Crippen LogP contribution in [-0.4, -0.2) is 47.4 Å². The predicted molar refractivity (Wildman–Crippen MR) is 114 cm³/mol. The summed E-state index contributed by atoms with van der Waals surface area (Å²) in [4.78, 5) is 12.4. The van der Waals surface area contributed by atoms with Crippen molar-refractivity contribution in [1.82, 2.24) is 5.32 Å². The lowest BCUT2D eigenvalue weighted by Crippen LogP contribution is -2.41. The minimum atomic E-state index is -3.68. The second kappa shape index (κ2) is 9.65. The molecule has 0 unspecified atom stereocenters. The second-order valence-corrected chi connectivity index (χ2v) is 8.80. The first-order chi connectivity index (χ1) is 13.6. The van der Waals surface area contributed by atoms with Gasteiger partial charge in [0.2, 0.25) is 15.9 Å². The summed E-state index contributed by atoms with van der Waals surface area (Å²) in [5.74, 6) is 0.680. The van der Waals surface area contributed by atoms with Gasteiger partial charge in [0, 0.05) is 0 Å². The Morgan fingerprint density at radius 1 is 1.07 bits per heavy atom. The molecule has 8 heteroatoms. The SMILES string of the molecule is COc1ccc(C)cc1N(CC(=O)NCCOc1ccc(C)c(C)c1)S(C)(=O)=O. The molecule has 2 aromatic rings. The fourth-order valence-electron chi connectivity index (χ4n) is 2.73. The number of rotatable bonds is 9. The third kappa shape index (κ3) is 6.39. The van der Waals surface area contributed by atoms with Crippen LogP contribution in [0.15, 0.2) is 36.4 Å². The summed E-state index contributed by atoms with van der Waals surface area (Å²) in [6.45, 7) is 6.06. The number of hydrogen-bond acceptors (Lipinski definition) is 5. The van der Waals surface area contributed by atoms with E-state index >= 15 is 0 Å². The number of methoxy groups -OCH3 is 1. The van der Waals surface area contributed by atoms with Crippen LogP contribution >= 0.6 is 0 Å². The number of aryl methyl sites for hydroxylation is 3. The van der Waals surface area contributed by atoms with Gasteiger partial charge in [-0.2, -0.15) is 0 Å². The highest BCUT2D eigenvalue weighted by atomic mass is 32.2. The Labute approximate surface area is 172 Å². The van der Waals surface area contributed by atoms with Crippen LogP contribution in [0.5, 0.6) is 11.5 Å². The number of nitrogens with zero attached hydrogens (tertiary/aromatic N) is 1. The summed E-state index contributed by atoms with van der Waals surface area (Å²) >= 11 is 0. The number of carbonyl (C=O) groups excluding carboxylic acids is 1. The highest BCUT2D eigenvalue weighted by Gasteiger charge is 2.24. The van der Waals surface area contributed by atoms with Crippen LogP contribution in [-0.2, 0) is 14.8 Å². The molecule has 1 N–H and O–H groups in total. The van der Waals surface area contributed by atoms with E-state index in [9.17, 15) is 13.2 Å². The van der Waals surface area contributed by atoms with Crippen LogP contribution in [0, 0.1) is 20.8 Å². The first-order valence-electron chi connectivity index (χ1n) is 9.21. The maximum atomic E-state index is 12.4. The summed E-state index contributed by atoms with van der Waals surface area (Å²) in [7, 11) is -2.23. The molecule has 0 saturated carbocycles. The van der Waals surface area contributed by atoms with Crippen molar-refractivity contribution in [3.63, 3.8) is 0 Å². The van der Waals surface area contributed by atoms with Crippen LogP contribution in [0.25, 0.3) is 0 Å². The van der Waals surface area contributed by atoms with Crippen LogP contribution < -0.4 is 19.1 Å². The molecule has 0 aliphatic carbocycles. The molecule has 0 bridgehead atoms. The number of carbonyl (C=O) groups is 1. The summed E-state index contributed by atoms with van der Waals surface area (Å²) < 4.78 is 36.5. The minimum Gasteiger partial charge on any atom is -0.495 e. The fourth-order valence-corrected chi connectivity index (χ4v) is 3.58. The maximum absolute atomic E-state index is 12.4. The van der Waals surface area contributed by atoms with Crippen molar-refractivity contribution in [3.8, 4) is 11.5 Å². The van der Waals surface area contributed by atoms with Crippen molar-refractivity contribution < 1.29 is 22.7 Å². The Bertz CT molecular complexity index is 973. The largest absolute Gasteiger partial charge is 0.495 e. The molecule has 29 heavy (non-hydrogen) atoms. The third-order valence-electron chi connectivity index (χ3n) is 4.46. The Kier molecular flexibility index (Phi) is 7.50. The zero-order chi connectivity index (χ0) is 21.6. The standard InChI is InChI=1S/C21H28N2O5S/c1-15-6-9-20(27-4)19(12-15)23(29(5,25)26)14-21(24)22-10-11-28-18-8-7-16(2)17(3)13-18/h6-9,12-13H,10-11,14H2,1-5H3,(H,22,24). The molecule has 0 aliphatic rings. The molecule has 0 aromatic heterocycles. The van der Waals surface area contributed by atoms with E-state index in [1.54, 1.807) is 12.1 Å². The number of ether oxygens (including phenoxy) is 2. The first kappa shape index (κ1) is 22.5. The average Bonchev–Trinajstić information content (AvgIpc) is 2.65. The van der Waals surface area contributed by atoms with Gasteiger partial charge >= 0.3 is 0 Å². The van der Waals surface area contributed by atoms with Crippen molar-refractivity contribution in [2.75, 3.05) is 37.4 Å². The highest BCUT2D eigenvalue weighted by Crippen LogP contribution is 2.30. The van der Waals surface area contributed by atoms with Gasteiger partial charge in [0.1, 0.15) is 24.7 Å². The van der Waals surface area contributed by atoms with Crippen LogP contribution in [0.2, 0.25) is 0 Å². The lowest BCUT2D eigenvalue weighted by atomic mass is 10.1. The molecule has 2 aromatic carbocycles. The maximum Gasteiger partial charge on any atom is 0.240 e. The zero-order valence-corrected chi connectivity index (χ0v) is 18.3. The van der Waals surface area contributed by atoms with Gasteiger partial charge in [-0.1, -0.05) is 12.1 Å². The molecule has 0 fully saturated rings. The molecule has 2 rings (SSSR count). The topological polar surface area (TPSA) is 84.9 Å². The molecular weight excluding hydrogens is 392 g/mol. The lowest BCUT2D eigenvalue weighted by Gasteiger charge is -2.24. The van der Waals surface area contributed by atoms with Crippen molar-refractivity contribution in [2.45, 2.75) is 20.8 Å². The van der Waals surface area contributed by atoms with Gasteiger partial charge in [-0.25, -0.2) is 8.42 Å². The van der Waals surface area contributed by atoms with Crippen molar-refractivity contribution in [1.29, 1.82) is 0 Å². The average molecular weight is 421 g/mol. The van der Waals surface area contributed by atoms with Gasteiger partial charge in [0.05, 0.1) is 25.6 Å². The summed E-state index contributed by atoms with van der Waals surface area (Å²) in [5.41, 5.74) is 3.49. The molecule has 0 radical (unpaired) electrons. The number of nitrogens with one attached hydrogen (secondary N) is 1.